The highest BCUT2D eigenvalue weighted by Crippen LogP contribution is 2.29. The van der Waals surface area contributed by atoms with Gasteiger partial charge in [0.25, 0.3) is 5.91 Å². The van der Waals surface area contributed by atoms with Gasteiger partial charge in [0.1, 0.15) is 11.6 Å². The highest BCUT2D eigenvalue weighted by Gasteiger charge is 2.30. The number of aromatic nitrogens is 1. The number of benzene rings is 2. The Morgan fingerprint density at radius 1 is 0.927 bits per heavy atom. The topological polar surface area (TPSA) is 51.7 Å². The second-order valence-electron chi connectivity index (χ2n) is 10.6. The van der Waals surface area contributed by atoms with Crippen LogP contribution in [-0.2, 0) is 19.3 Å². The van der Waals surface area contributed by atoms with Gasteiger partial charge in [-0.3, -0.25) is 14.6 Å². The molecule has 0 atom stereocenters. The third-order valence-electron chi connectivity index (χ3n) is 7.83. The summed E-state index contributed by atoms with van der Waals surface area (Å²) in [6.07, 6.45) is -0.733. The highest BCUT2D eigenvalue weighted by molar-refractivity contribution is 6.33. The van der Waals surface area contributed by atoms with E-state index < -0.39 is 17.6 Å². The van der Waals surface area contributed by atoms with Gasteiger partial charge in [0.15, 0.2) is 0 Å². The zero-order valence-corrected chi connectivity index (χ0v) is 23.3. The number of rotatable bonds is 7. The molecule has 218 valence electrons. The van der Waals surface area contributed by atoms with Gasteiger partial charge >= 0.3 is 6.18 Å². The summed E-state index contributed by atoms with van der Waals surface area (Å²) in [4.78, 5) is 24.2. The van der Waals surface area contributed by atoms with Gasteiger partial charge in [0.2, 0.25) is 0 Å². The molecule has 41 heavy (non-hydrogen) atoms. The number of piperazine rings is 1. The highest BCUT2D eigenvalue weighted by atomic mass is 35.5. The minimum Gasteiger partial charge on any atom is -0.353 e. The summed E-state index contributed by atoms with van der Waals surface area (Å²) in [6.45, 7) is 6.31. The summed E-state index contributed by atoms with van der Waals surface area (Å²) in [5.74, 6) is 0.0283. The predicted octanol–water partition coefficient (Wildman–Crippen LogP) is 5.61. The number of nitrogens with zero attached hydrogens (tertiary/aromatic N) is 4. The van der Waals surface area contributed by atoms with E-state index in [4.69, 9.17) is 11.6 Å². The van der Waals surface area contributed by atoms with Gasteiger partial charge < -0.3 is 10.2 Å². The Labute approximate surface area is 241 Å². The van der Waals surface area contributed by atoms with Crippen molar-refractivity contribution in [3.8, 4) is 0 Å². The lowest BCUT2D eigenvalue weighted by molar-refractivity contribution is -0.137. The molecule has 3 aromatic rings. The van der Waals surface area contributed by atoms with Crippen LogP contribution in [0.5, 0.6) is 0 Å². The van der Waals surface area contributed by atoms with Gasteiger partial charge in [-0.25, -0.2) is 9.37 Å². The molecule has 0 saturated carbocycles. The summed E-state index contributed by atoms with van der Waals surface area (Å²) in [5, 5.41) is 3.09. The first-order valence-corrected chi connectivity index (χ1v) is 14.1. The molecule has 2 aromatic carbocycles. The van der Waals surface area contributed by atoms with E-state index in [0.717, 1.165) is 76.4 Å². The van der Waals surface area contributed by atoms with E-state index in [1.54, 1.807) is 6.07 Å². The standard InChI is InChI=1S/C30H32ClF4N5O/c31-27-17-23(29(41)37-18-21-1-5-24(6-2-21)30(33,34)35)19-36-28(27)40-15-13-39(14-16-40)26-9-11-38(12-10-26)20-22-3-7-25(32)8-4-22/h1-8,17,19,26H,9-16,18,20H2,(H,37,41). The number of pyridine rings is 1. The zero-order chi connectivity index (χ0) is 29.0. The molecule has 0 bridgehead atoms. The molecule has 2 saturated heterocycles. The number of piperidine rings is 1. The van der Waals surface area contributed by atoms with E-state index in [0.29, 0.717) is 22.4 Å². The van der Waals surface area contributed by atoms with E-state index in [9.17, 15) is 22.4 Å². The molecular formula is C30H32ClF4N5O. The molecule has 2 aliphatic heterocycles. The number of amides is 1. The maximum Gasteiger partial charge on any atom is 0.416 e. The van der Waals surface area contributed by atoms with Gasteiger partial charge in [0, 0.05) is 51.5 Å². The molecule has 1 amide bonds. The number of hydrogen-bond acceptors (Lipinski definition) is 5. The number of likely N-dealkylation sites (tertiary alicyclic amines) is 1. The molecule has 1 aromatic heterocycles. The van der Waals surface area contributed by atoms with Gasteiger partial charge in [-0.05, 0) is 67.4 Å². The largest absolute Gasteiger partial charge is 0.416 e. The lowest BCUT2D eigenvalue weighted by Crippen LogP contribution is -2.53. The molecule has 5 rings (SSSR count). The van der Waals surface area contributed by atoms with Crippen LogP contribution in [0, 0.1) is 5.82 Å². The third kappa shape index (κ3) is 7.55. The number of hydrogen-bond donors (Lipinski definition) is 1. The van der Waals surface area contributed by atoms with Crippen LogP contribution in [0.2, 0.25) is 5.02 Å². The Balaban J connectivity index is 1.08. The number of anilines is 1. The number of nitrogens with one attached hydrogen (secondary N) is 1. The van der Waals surface area contributed by atoms with Gasteiger partial charge in [-0.1, -0.05) is 35.9 Å². The summed E-state index contributed by atoms with van der Waals surface area (Å²) in [6, 6.07) is 13.5. The van der Waals surface area contributed by atoms with Crippen molar-refractivity contribution in [1.29, 1.82) is 0 Å². The molecule has 0 unspecified atom stereocenters. The molecule has 0 radical (unpaired) electrons. The smallest absolute Gasteiger partial charge is 0.353 e. The molecule has 2 aliphatic rings. The second-order valence-corrected chi connectivity index (χ2v) is 11.0. The number of alkyl halides is 3. The fourth-order valence-corrected chi connectivity index (χ4v) is 5.76. The second kappa shape index (κ2) is 12.8. The predicted molar refractivity (Wildman–Crippen MR) is 150 cm³/mol. The van der Waals surface area contributed by atoms with Crippen LogP contribution < -0.4 is 10.2 Å². The van der Waals surface area contributed by atoms with Crippen molar-refractivity contribution in [2.45, 2.75) is 38.1 Å². The van der Waals surface area contributed by atoms with Crippen molar-refractivity contribution in [2.24, 2.45) is 0 Å². The summed E-state index contributed by atoms with van der Waals surface area (Å²) >= 11 is 6.53. The van der Waals surface area contributed by atoms with Gasteiger partial charge in [0.05, 0.1) is 16.1 Å². The molecule has 11 heteroatoms. The summed E-state index contributed by atoms with van der Waals surface area (Å²) in [7, 11) is 0. The van der Waals surface area contributed by atoms with E-state index in [1.165, 1.54) is 30.5 Å². The number of carbonyl (C=O) groups is 1. The molecule has 3 heterocycles. The lowest BCUT2D eigenvalue weighted by Gasteiger charge is -2.43. The summed E-state index contributed by atoms with van der Waals surface area (Å²) < 4.78 is 51.4. The summed E-state index contributed by atoms with van der Waals surface area (Å²) in [5.41, 5.74) is 1.24. The minimum atomic E-state index is -4.40. The Bertz CT molecular complexity index is 1320. The monoisotopic (exact) mass is 589 g/mol. The van der Waals surface area contributed by atoms with E-state index in [-0.39, 0.29) is 17.9 Å². The van der Waals surface area contributed by atoms with Crippen LogP contribution in [-0.4, -0.2) is 66.0 Å². The Morgan fingerprint density at radius 2 is 1.56 bits per heavy atom. The third-order valence-corrected chi connectivity index (χ3v) is 8.10. The van der Waals surface area contributed by atoms with Crippen LogP contribution in [0.4, 0.5) is 23.4 Å². The Morgan fingerprint density at radius 3 is 2.17 bits per heavy atom. The van der Waals surface area contributed by atoms with Crippen molar-refractivity contribution < 1.29 is 22.4 Å². The van der Waals surface area contributed by atoms with Crippen molar-refractivity contribution >= 4 is 23.3 Å². The van der Waals surface area contributed by atoms with E-state index in [1.807, 2.05) is 12.1 Å². The molecule has 6 nitrogen and oxygen atoms in total. The average molecular weight is 590 g/mol. The number of carbonyl (C=O) groups excluding carboxylic acids is 1. The fourth-order valence-electron chi connectivity index (χ4n) is 5.47. The van der Waals surface area contributed by atoms with Crippen LogP contribution >= 0.6 is 11.6 Å². The van der Waals surface area contributed by atoms with Crippen LogP contribution in [0.15, 0.2) is 60.8 Å². The van der Waals surface area contributed by atoms with Crippen molar-refractivity contribution in [1.82, 2.24) is 20.1 Å². The SMILES string of the molecule is O=C(NCc1ccc(C(F)(F)F)cc1)c1cnc(N2CCN(C3CCN(Cc4ccc(F)cc4)CC3)CC2)c(Cl)c1. The van der Waals surface area contributed by atoms with Gasteiger partial charge in [-0.2, -0.15) is 13.2 Å². The first-order valence-electron chi connectivity index (χ1n) is 13.7. The van der Waals surface area contributed by atoms with Crippen LogP contribution in [0.25, 0.3) is 0 Å². The molecule has 0 spiro atoms. The maximum absolute atomic E-state index is 13.2. The lowest BCUT2D eigenvalue weighted by atomic mass is 10.0. The van der Waals surface area contributed by atoms with Crippen molar-refractivity contribution in [3.05, 3.63) is 93.9 Å². The normalized spacial score (nSPS) is 17.5. The maximum atomic E-state index is 13.2. The van der Waals surface area contributed by atoms with Crippen molar-refractivity contribution in [3.63, 3.8) is 0 Å². The minimum absolute atomic E-state index is 0.0868. The van der Waals surface area contributed by atoms with Crippen molar-refractivity contribution in [2.75, 3.05) is 44.2 Å². The first kappa shape index (κ1) is 29.3. The van der Waals surface area contributed by atoms with E-state index in [2.05, 4.69) is 25.0 Å². The Hall–Kier alpha value is -3.21. The van der Waals surface area contributed by atoms with Gasteiger partial charge in [-0.15, -0.1) is 0 Å². The molecule has 0 aliphatic carbocycles. The zero-order valence-electron chi connectivity index (χ0n) is 22.5. The van der Waals surface area contributed by atoms with Crippen LogP contribution in [0.1, 0.15) is 39.9 Å². The van der Waals surface area contributed by atoms with Crippen LogP contribution in [0.3, 0.4) is 0 Å². The molecule has 2 fully saturated rings. The quantitative estimate of drug-likeness (QED) is 0.363. The molecule has 1 N–H and O–H groups in total. The molecular weight excluding hydrogens is 558 g/mol. The Kier molecular flexibility index (Phi) is 9.11. The first-order chi connectivity index (χ1) is 19.7. The fraction of sp³-hybridized carbons (Fsp3) is 0.400. The van der Waals surface area contributed by atoms with E-state index >= 15 is 0 Å². The number of halogens is 5. The average Bonchev–Trinajstić information content (AvgIpc) is 2.97.